The van der Waals surface area contributed by atoms with Gasteiger partial charge in [-0.25, -0.2) is 14.4 Å². The maximum absolute atomic E-state index is 13.0. The van der Waals surface area contributed by atoms with Gasteiger partial charge in [0.2, 0.25) is 0 Å². The van der Waals surface area contributed by atoms with Crippen molar-refractivity contribution in [3.05, 3.63) is 58.4 Å². The van der Waals surface area contributed by atoms with E-state index in [2.05, 4.69) is 29.1 Å². The molecule has 0 saturated heterocycles. The fourth-order valence-corrected chi connectivity index (χ4v) is 2.18. The highest BCUT2D eigenvalue weighted by Gasteiger charge is 2.06. The molecule has 0 fully saturated rings. The summed E-state index contributed by atoms with van der Waals surface area (Å²) in [6, 6.07) is 6.27. The molecule has 1 aromatic heterocycles. The first-order valence-corrected chi connectivity index (χ1v) is 7.38. The maximum Gasteiger partial charge on any atom is 0.133 e. The highest BCUT2D eigenvalue weighted by atomic mass is 35.5. The summed E-state index contributed by atoms with van der Waals surface area (Å²) in [6.07, 6.45) is 2.24. The molecule has 1 heterocycles. The minimum atomic E-state index is -0.337. The SMILES string of the molecule is CC(C)CNCc1ccnc(Cc2ccc(F)cc2Cl)n1. The summed E-state index contributed by atoms with van der Waals surface area (Å²) in [5.74, 6) is 0.952. The molecule has 1 aromatic carbocycles. The van der Waals surface area contributed by atoms with Gasteiger partial charge in [-0.3, -0.25) is 0 Å². The Morgan fingerprint density at radius 2 is 2.10 bits per heavy atom. The van der Waals surface area contributed by atoms with Crippen molar-refractivity contribution in [1.29, 1.82) is 0 Å². The van der Waals surface area contributed by atoms with Crippen LogP contribution in [0.5, 0.6) is 0 Å². The van der Waals surface area contributed by atoms with Gasteiger partial charge in [-0.2, -0.15) is 0 Å². The average Bonchev–Trinajstić information content (AvgIpc) is 2.42. The molecule has 0 aliphatic rings. The zero-order valence-corrected chi connectivity index (χ0v) is 13.0. The number of nitrogens with zero attached hydrogens (tertiary/aromatic N) is 2. The molecule has 0 amide bonds. The van der Waals surface area contributed by atoms with Gasteiger partial charge in [0, 0.05) is 24.2 Å². The molecule has 2 aromatic rings. The third-order valence-corrected chi connectivity index (χ3v) is 3.34. The van der Waals surface area contributed by atoms with E-state index < -0.39 is 0 Å². The topological polar surface area (TPSA) is 37.8 Å². The highest BCUT2D eigenvalue weighted by Crippen LogP contribution is 2.19. The Labute approximate surface area is 129 Å². The number of halogens is 2. The molecule has 112 valence electrons. The van der Waals surface area contributed by atoms with Crippen LogP contribution in [0.4, 0.5) is 4.39 Å². The van der Waals surface area contributed by atoms with Crippen LogP contribution >= 0.6 is 11.6 Å². The van der Waals surface area contributed by atoms with E-state index in [1.54, 1.807) is 12.3 Å². The molecular weight excluding hydrogens is 289 g/mol. The highest BCUT2D eigenvalue weighted by molar-refractivity contribution is 6.31. The van der Waals surface area contributed by atoms with Gasteiger partial charge < -0.3 is 5.32 Å². The molecule has 3 nitrogen and oxygen atoms in total. The van der Waals surface area contributed by atoms with Crippen LogP contribution in [0, 0.1) is 11.7 Å². The van der Waals surface area contributed by atoms with Crippen LogP contribution in [0.3, 0.4) is 0 Å². The van der Waals surface area contributed by atoms with Crippen molar-refractivity contribution in [3.8, 4) is 0 Å². The lowest BCUT2D eigenvalue weighted by Crippen LogP contribution is -2.20. The van der Waals surface area contributed by atoms with E-state index in [9.17, 15) is 4.39 Å². The summed E-state index contributed by atoms with van der Waals surface area (Å²) in [5, 5.41) is 3.75. The summed E-state index contributed by atoms with van der Waals surface area (Å²) in [7, 11) is 0. The van der Waals surface area contributed by atoms with Crippen LogP contribution in [-0.2, 0) is 13.0 Å². The maximum atomic E-state index is 13.0. The first-order chi connectivity index (χ1) is 10.0. The Bertz CT molecular complexity index is 602. The normalized spacial score (nSPS) is 11.1. The van der Waals surface area contributed by atoms with Crippen molar-refractivity contribution < 1.29 is 4.39 Å². The Morgan fingerprint density at radius 3 is 2.81 bits per heavy atom. The zero-order valence-electron chi connectivity index (χ0n) is 12.2. The Morgan fingerprint density at radius 1 is 1.29 bits per heavy atom. The largest absolute Gasteiger partial charge is 0.311 e. The average molecular weight is 308 g/mol. The fraction of sp³-hybridized carbons (Fsp3) is 0.375. The van der Waals surface area contributed by atoms with E-state index in [4.69, 9.17) is 11.6 Å². The predicted molar refractivity (Wildman–Crippen MR) is 82.8 cm³/mol. The van der Waals surface area contributed by atoms with Crippen molar-refractivity contribution >= 4 is 11.6 Å². The fourth-order valence-electron chi connectivity index (χ4n) is 1.95. The number of rotatable bonds is 6. The quantitative estimate of drug-likeness (QED) is 0.886. The molecule has 0 aliphatic carbocycles. The lowest BCUT2D eigenvalue weighted by atomic mass is 10.1. The molecule has 0 unspecified atom stereocenters. The van der Waals surface area contributed by atoms with Crippen LogP contribution in [0.15, 0.2) is 30.5 Å². The summed E-state index contributed by atoms with van der Waals surface area (Å²) in [4.78, 5) is 8.75. The molecule has 0 bridgehead atoms. The molecule has 0 saturated carbocycles. The summed E-state index contributed by atoms with van der Waals surface area (Å²) >= 11 is 6.03. The molecule has 1 N–H and O–H groups in total. The number of aromatic nitrogens is 2. The monoisotopic (exact) mass is 307 g/mol. The minimum absolute atomic E-state index is 0.337. The van der Waals surface area contributed by atoms with Gasteiger partial charge in [0.1, 0.15) is 11.6 Å². The van der Waals surface area contributed by atoms with Crippen molar-refractivity contribution in [2.45, 2.75) is 26.8 Å². The summed E-state index contributed by atoms with van der Waals surface area (Å²) in [6.45, 7) is 5.98. The van der Waals surface area contributed by atoms with Crippen LogP contribution < -0.4 is 5.32 Å². The van der Waals surface area contributed by atoms with E-state index >= 15 is 0 Å². The van der Waals surface area contributed by atoms with Gasteiger partial charge in [-0.15, -0.1) is 0 Å². The van der Waals surface area contributed by atoms with Crippen molar-refractivity contribution in [3.63, 3.8) is 0 Å². The van der Waals surface area contributed by atoms with Gasteiger partial charge in [0.05, 0.1) is 5.69 Å². The first kappa shape index (κ1) is 15.9. The van der Waals surface area contributed by atoms with E-state index in [0.29, 0.717) is 29.7 Å². The molecule has 5 heteroatoms. The molecule has 0 radical (unpaired) electrons. The summed E-state index contributed by atoms with van der Waals surface area (Å²) in [5.41, 5.74) is 1.77. The van der Waals surface area contributed by atoms with Gasteiger partial charge in [-0.1, -0.05) is 31.5 Å². The van der Waals surface area contributed by atoms with Crippen LogP contribution in [0.1, 0.15) is 30.9 Å². The third-order valence-electron chi connectivity index (χ3n) is 2.99. The van der Waals surface area contributed by atoms with Gasteiger partial charge in [0.15, 0.2) is 0 Å². The molecule has 0 spiro atoms. The van der Waals surface area contributed by atoms with Gasteiger partial charge in [0.25, 0.3) is 0 Å². The van der Waals surface area contributed by atoms with Crippen molar-refractivity contribution in [1.82, 2.24) is 15.3 Å². The van der Waals surface area contributed by atoms with Crippen molar-refractivity contribution in [2.24, 2.45) is 5.92 Å². The second-order valence-corrected chi connectivity index (χ2v) is 5.81. The molecule has 0 aliphatic heterocycles. The molecule has 21 heavy (non-hydrogen) atoms. The number of hydrogen-bond donors (Lipinski definition) is 1. The van der Waals surface area contributed by atoms with Gasteiger partial charge >= 0.3 is 0 Å². The van der Waals surface area contributed by atoms with Crippen LogP contribution in [0.2, 0.25) is 5.02 Å². The number of hydrogen-bond acceptors (Lipinski definition) is 3. The van der Waals surface area contributed by atoms with Crippen LogP contribution in [0.25, 0.3) is 0 Å². The second-order valence-electron chi connectivity index (χ2n) is 5.40. The standard InChI is InChI=1S/C16H19ClFN3/c1-11(2)9-19-10-14-5-6-20-16(21-14)7-12-3-4-13(18)8-15(12)17/h3-6,8,11,19H,7,9-10H2,1-2H3. The second kappa shape index (κ2) is 7.48. The Balaban J connectivity index is 2.03. The minimum Gasteiger partial charge on any atom is -0.311 e. The van der Waals surface area contributed by atoms with E-state index in [0.717, 1.165) is 17.8 Å². The smallest absolute Gasteiger partial charge is 0.133 e. The Kier molecular flexibility index (Phi) is 5.65. The predicted octanol–water partition coefficient (Wildman–Crippen LogP) is 3.61. The van der Waals surface area contributed by atoms with Crippen molar-refractivity contribution in [2.75, 3.05) is 6.54 Å². The lowest BCUT2D eigenvalue weighted by molar-refractivity contribution is 0.547. The van der Waals surface area contributed by atoms with Crippen LogP contribution in [-0.4, -0.2) is 16.5 Å². The van der Waals surface area contributed by atoms with E-state index in [1.165, 1.54) is 12.1 Å². The first-order valence-electron chi connectivity index (χ1n) is 7.00. The zero-order chi connectivity index (χ0) is 15.2. The molecule has 2 rings (SSSR count). The van der Waals surface area contributed by atoms with E-state index in [1.807, 2.05) is 6.07 Å². The number of benzene rings is 1. The van der Waals surface area contributed by atoms with Gasteiger partial charge in [-0.05, 0) is 36.2 Å². The molecule has 0 atom stereocenters. The third kappa shape index (κ3) is 5.06. The Hall–Kier alpha value is -1.52. The molecular formula is C16H19ClFN3. The van der Waals surface area contributed by atoms with E-state index in [-0.39, 0.29) is 5.82 Å². The number of nitrogens with one attached hydrogen (secondary N) is 1. The summed E-state index contributed by atoms with van der Waals surface area (Å²) < 4.78 is 13.0. The lowest BCUT2D eigenvalue weighted by Gasteiger charge is -2.08.